The van der Waals surface area contributed by atoms with Gasteiger partial charge < -0.3 is 19.5 Å². The Bertz CT molecular complexity index is 1380. The second-order valence-electron chi connectivity index (χ2n) is 11.7. The number of anilines is 1. The molecule has 4 heterocycles. The normalized spacial score (nSPS) is 18.0. The molecule has 1 aliphatic rings. The predicted octanol–water partition coefficient (Wildman–Crippen LogP) is 6.74. The highest BCUT2D eigenvalue weighted by Crippen LogP contribution is 2.41. The number of ether oxygens (including phenoxy) is 3. The number of aryl methyl sites for hydroxylation is 1. The number of hydrogen-bond donors (Lipinski definition) is 1. The lowest BCUT2D eigenvalue weighted by molar-refractivity contribution is 0.0290. The maximum Gasteiger partial charge on any atom is 0.416 e. The lowest BCUT2D eigenvalue weighted by Gasteiger charge is -2.33. The number of aromatic nitrogens is 3. The second-order valence-corrected chi connectivity index (χ2v) is 13.4. The van der Waals surface area contributed by atoms with E-state index in [4.69, 9.17) is 37.4 Å². The Morgan fingerprint density at radius 3 is 2.52 bits per heavy atom. The Morgan fingerprint density at radius 2 is 1.90 bits per heavy atom. The van der Waals surface area contributed by atoms with E-state index in [1.807, 2.05) is 24.4 Å². The average molecular weight is 613 g/mol. The van der Waals surface area contributed by atoms with Crippen LogP contribution in [0.5, 0.6) is 0 Å². The molecule has 3 aromatic heterocycles. The first-order chi connectivity index (χ1) is 18.6. The lowest BCUT2D eigenvalue weighted by Crippen LogP contribution is -2.47. The van der Waals surface area contributed by atoms with Gasteiger partial charge in [-0.05, 0) is 83.5 Å². The highest BCUT2D eigenvalue weighted by Gasteiger charge is 2.36. The standard InChI is InChI=1S/C27H35Cl2N5O5S/c1-15-19(17-10-11-37-14-18(17)30-24(35)38-26(2,3)4)21(28)34-20(15)22(31-23(29)32-34)33(13-16-9-8-12-40-16)25(36)39-27(5,6)7/h8-9,12,17-18H,10-11,13-14H2,1-7H3,(H,30,35)/t17-,18-/m0/s1. The molecule has 40 heavy (non-hydrogen) atoms. The Balaban J connectivity index is 1.81. The summed E-state index contributed by atoms with van der Waals surface area (Å²) in [6.45, 7) is 13.7. The zero-order valence-corrected chi connectivity index (χ0v) is 26.0. The smallest absolute Gasteiger partial charge is 0.416 e. The fraction of sp³-hybridized carbons (Fsp3) is 0.556. The fourth-order valence-electron chi connectivity index (χ4n) is 4.66. The van der Waals surface area contributed by atoms with Crippen LogP contribution in [0.3, 0.4) is 0 Å². The van der Waals surface area contributed by atoms with Crippen molar-refractivity contribution in [3.05, 3.63) is 44.0 Å². The SMILES string of the molecule is Cc1c([C@H]2CCOC[C@@H]2NC(=O)OC(C)(C)C)c(Cl)n2nc(Cl)nc(N(Cc3cccs3)C(=O)OC(C)(C)C)c12. The molecule has 0 bridgehead atoms. The Kier molecular flexibility index (Phi) is 8.89. The molecule has 0 aromatic carbocycles. The molecule has 218 valence electrons. The number of carbonyl (C=O) groups excluding carboxylic acids is 2. The molecule has 1 N–H and O–H groups in total. The summed E-state index contributed by atoms with van der Waals surface area (Å²) in [6.07, 6.45) is -0.521. The first kappa shape index (κ1) is 30.4. The first-order valence-electron chi connectivity index (χ1n) is 13.0. The van der Waals surface area contributed by atoms with Crippen molar-refractivity contribution in [2.45, 2.75) is 84.6 Å². The van der Waals surface area contributed by atoms with E-state index < -0.39 is 29.4 Å². The summed E-state index contributed by atoms with van der Waals surface area (Å²) in [5.41, 5.74) is 0.667. The third kappa shape index (κ3) is 6.99. The van der Waals surface area contributed by atoms with Crippen LogP contribution in [0.4, 0.5) is 15.4 Å². The molecule has 1 saturated heterocycles. The van der Waals surface area contributed by atoms with E-state index in [2.05, 4.69) is 15.4 Å². The van der Waals surface area contributed by atoms with Crippen molar-refractivity contribution >= 4 is 58.1 Å². The molecule has 0 radical (unpaired) electrons. The number of halogens is 2. The van der Waals surface area contributed by atoms with Gasteiger partial charge in [-0.2, -0.15) is 4.98 Å². The van der Waals surface area contributed by atoms with Crippen LogP contribution in [-0.4, -0.2) is 57.2 Å². The third-order valence-corrected chi connectivity index (χ3v) is 7.55. The number of thiophene rings is 1. The molecular formula is C27H35Cl2N5O5S. The lowest BCUT2D eigenvalue weighted by atomic mass is 9.87. The second kappa shape index (κ2) is 11.7. The van der Waals surface area contributed by atoms with Crippen molar-refractivity contribution < 1.29 is 23.8 Å². The number of amides is 2. The molecule has 0 spiro atoms. The highest BCUT2D eigenvalue weighted by atomic mass is 35.5. The summed E-state index contributed by atoms with van der Waals surface area (Å²) in [5.74, 6) is 0.0615. The first-order valence-corrected chi connectivity index (χ1v) is 14.6. The van der Waals surface area contributed by atoms with Crippen molar-refractivity contribution in [1.82, 2.24) is 19.9 Å². The highest BCUT2D eigenvalue weighted by molar-refractivity contribution is 7.09. The van der Waals surface area contributed by atoms with Crippen LogP contribution in [0, 0.1) is 6.92 Å². The van der Waals surface area contributed by atoms with E-state index in [0.717, 1.165) is 16.0 Å². The Hall–Kier alpha value is -2.60. The van der Waals surface area contributed by atoms with Gasteiger partial charge in [0.15, 0.2) is 5.82 Å². The summed E-state index contributed by atoms with van der Waals surface area (Å²) < 4.78 is 18.4. The van der Waals surface area contributed by atoms with Gasteiger partial charge in [0.1, 0.15) is 21.9 Å². The number of nitrogens with one attached hydrogen (secondary N) is 1. The van der Waals surface area contributed by atoms with Gasteiger partial charge in [0.2, 0.25) is 5.28 Å². The van der Waals surface area contributed by atoms with Crippen LogP contribution in [0.2, 0.25) is 10.4 Å². The summed E-state index contributed by atoms with van der Waals surface area (Å²) in [4.78, 5) is 33.0. The molecule has 4 rings (SSSR count). The van der Waals surface area contributed by atoms with Crippen LogP contribution in [-0.2, 0) is 20.8 Å². The van der Waals surface area contributed by atoms with E-state index in [1.165, 1.54) is 20.8 Å². The minimum Gasteiger partial charge on any atom is -0.444 e. The van der Waals surface area contributed by atoms with Crippen molar-refractivity contribution in [3.8, 4) is 0 Å². The minimum absolute atomic E-state index is 0.0823. The molecular weight excluding hydrogens is 577 g/mol. The average Bonchev–Trinajstić information content (AvgIpc) is 3.41. The van der Waals surface area contributed by atoms with Crippen molar-refractivity contribution in [1.29, 1.82) is 0 Å². The zero-order chi connectivity index (χ0) is 29.4. The van der Waals surface area contributed by atoms with Gasteiger partial charge in [-0.1, -0.05) is 17.7 Å². The molecule has 10 nitrogen and oxygen atoms in total. The molecule has 1 fully saturated rings. The van der Waals surface area contributed by atoms with Crippen LogP contribution in [0.25, 0.3) is 5.52 Å². The third-order valence-electron chi connectivity index (χ3n) is 6.16. The summed E-state index contributed by atoms with van der Waals surface area (Å²) in [6, 6.07) is 3.44. The Labute approximate surface area is 247 Å². The zero-order valence-electron chi connectivity index (χ0n) is 23.7. The van der Waals surface area contributed by atoms with Crippen molar-refractivity contribution in [2.75, 3.05) is 18.1 Å². The van der Waals surface area contributed by atoms with Gasteiger partial charge in [0.05, 0.1) is 19.2 Å². The summed E-state index contributed by atoms with van der Waals surface area (Å²) in [7, 11) is 0. The van der Waals surface area contributed by atoms with Crippen LogP contribution in [0.15, 0.2) is 17.5 Å². The quantitative estimate of drug-likeness (QED) is 0.340. The monoisotopic (exact) mass is 611 g/mol. The number of alkyl carbamates (subject to hydrolysis) is 1. The van der Waals surface area contributed by atoms with Crippen LogP contribution < -0.4 is 10.2 Å². The van der Waals surface area contributed by atoms with E-state index >= 15 is 0 Å². The van der Waals surface area contributed by atoms with Crippen LogP contribution >= 0.6 is 34.5 Å². The molecule has 1 aliphatic heterocycles. The van der Waals surface area contributed by atoms with Gasteiger partial charge in [0, 0.05) is 23.0 Å². The van der Waals surface area contributed by atoms with E-state index in [9.17, 15) is 9.59 Å². The van der Waals surface area contributed by atoms with Crippen molar-refractivity contribution in [2.24, 2.45) is 0 Å². The maximum atomic E-state index is 13.5. The van der Waals surface area contributed by atoms with Gasteiger partial charge >= 0.3 is 12.2 Å². The van der Waals surface area contributed by atoms with E-state index in [0.29, 0.717) is 23.7 Å². The van der Waals surface area contributed by atoms with Gasteiger partial charge in [-0.15, -0.1) is 16.4 Å². The predicted molar refractivity (Wildman–Crippen MR) is 156 cm³/mol. The van der Waals surface area contributed by atoms with Gasteiger partial charge in [0.25, 0.3) is 0 Å². The number of carbonyl (C=O) groups is 2. The summed E-state index contributed by atoms with van der Waals surface area (Å²) in [5, 5.41) is 9.50. The number of hydrogen-bond acceptors (Lipinski definition) is 8. The molecule has 0 aliphatic carbocycles. The van der Waals surface area contributed by atoms with Gasteiger partial charge in [-0.25, -0.2) is 14.1 Å². The fourth-order valence-corrected chi connectivity index (χ4v) is 5.91. The molecule has 0 saturated carbocycles. The van der Waals surface area contributed by atoms with Crippen molar-refractivity contribution in [3.63, 3.8) is 0 Å². The summed E-state index contributed by atoms with van der Waals surface area (Å²) >= 11 is 14.9. The molecule has 2 atom stereocenters. The molecule has 0 unspecified atom stereocenters. The molecule has 13 heteroatoms. The minimum atomic E-state index is -0.736. The number of rotatable bonds is 5. The van der Waals surface area contributed by atoms with Gasteiger partial charge in [-0.3, -0.25) is 4.90 Å². The number of fused-ring (bicyclic) bond motifs is 1. The van der Waals surface area contributed by atoms with E-state index in [-0.39, 0.29) is 30.2 Å². The molecule has 3 aromatic rings. The molecule has 2 amide bonds. The Morgan fingerprint density at radius 1 is 1.20 bits per heavy atom. The largest absolute Gasteiger partial charge is 0.444 e. The topological polar surface area (TPSA) is 107 Å². The number of nitrogens with zero attached hydrogens (tertiary/aromatic N) is 4. The van der Waals surface area contributed by atoms with E-state index in [1.54, 1.807) is 41.5 Å². The van der Waals surface area contributed by atoms with Crippen LogP contribution in [0.1, 0.15) is 69.9 Å². The maximum absolute atomic E-state index is 13.5.